The molecule has 0 amide bonds. The van der Waals surface area contributed by atoms with Crippen LogP contribution in [0, 0.1) is 0 Å². The molecule has 0 aliphatic carbocycles. The number of oxazole rings is 1. The molecule has 2 N–H and O–H groups in total. The number of hydrogen-bond acceptors (Lipinski definition) is 5. The van der Waals surface area contributed by atoms with Gasteiger partial charge in [-0.2, -0.15) is 4.98 Å². The van der Waals surface area contributed by atoms with Crippen LogP contribution in [-0.2, 0) is 0 Å². The Hall–Kier alpha value is -2.17. The number of anilines is 1. The van der Waals surface area contributed by atoms with E-state index in [9.17, 15) is 0 Å². The zero-order chi connectivity index (χ0) is 11.5. The summed E-state index contributed by atoms with van der Waals surface area (Å²) in [6.45, 7) is 0. The van der Waals surface area contributed by atoms with Gasteiger partial charge in [-0.1, -0.05) is 0 Å². The highest BCUT2D eigenvalue weighted by Crippen LogP contribution is 2.31. The van der Waals surface area contributed by atoms with Gasteiger partial charge in [0.1, 0.15) is 12.0 Å². The molecule has 0 saturated carbocycles. The minimum absolute atomic E-state index is 0.143. The van der Waals surface area contributed by atoms with E-state index < -0.39 is 0 Å². The van der Waals surface area contributed by atoms with Crippen molar-refractivity contribution in [3.63, 3.8) is 0 Å². The summed E-state index contributed by atoms with van der Waals surface area (Å²) in [4.78, 5) is 4.03. The van der Waals surface area contributed by atoms with Gasteiger partial charge in [0.25, 0.3) is 6.01 Å². The van der Waals surface area contributed by atoms with Crippen LogP contribution in [0.2, 0.25) is 0 Å². The van der Waals surface area contributed by atoms with Crippen molar-refractivity contribution in [1.29, 1.82) is 0 Å². The third-order valence-electron chi connectivity index (χ3n) is 2.20. The first-order valence-electron chi connectivity index (χ1n) is 4.68. The molecule has 0 fully saturated rings. The first-order chi connectivity index (χ1) is 7.74. The monoisotopic (exact) mass is 220 g/mol. The number of hydrogen-bond donors (Lipinski definition) is 1. The van der Waals surface area contributed by atoms with Crippen molar-refractivity contribution in [3.8, 4) is 22.8 Å². The molecule has 5 heteroatoms. The zero-order valence-corrected chi connectivity index (χ0v) is 9.06. The average molecular weight is 220 g/mol. The van der Waals surface area contributed by atoms with Crippen LogP contribution in [0.3, 0.4) is 0 Å². The summed E-state index contributed by atoms with van der Waals surface area (Å²) in [5.74, 6) is 1.31. The normalized spacial score (nSPS) is 10.1. The molecule has 1 heterocycles. The van der Waals surface area contributed by atoms with Crippen molar-refractivity contribution in [2.75, 3.05) is 20.0 Å². The number of nitrogen functional groups attached to an aromatic ring is 1. The van der Waals surface area contributed by atoms with Crippen LogP contribution in [0.5, 0.6) is 11.5 Å². The van der Waals surface area contributed by atoms with Gasteiger partial charge in [0.2, 0.25) is 0 Å². The van der Waals surface area contributed by atoms with Crippen LogP contribution in [-0.4, -0.2) is 19.2 Å². The molecule has 0 radical (unpaired) electrons. The number of ether oxygens (including phenoxy) is 2. The predicted octanol–water partition coefficient (Wildman–Crippen LogP) is 1.94. The van der Waals surface area contributed by atoms with E-state index in [0.717, 1.165) is 5.56 Å². The van der Waals surface area contributed by atoms with Crippen molar-refractivity contribution in [2.45, 2.75) is 0 Å². The second-order valence-corrected chi connectivity index (χ2v) is 3.14. The minimum Gasteiger partial charge on any atom is -0.493 e. The smallest absolute Gasteiger partial charge is 0.292 e. The summed E-state index contributed by atoms with van der Waals surface area (Å²) in [5, 5.41) is 0. The molecule has 0 bridgehead atoms. The minimum atomic E-state index is 0.143. The molecular weight excluding hydrogens is 208 g/mol. The first-order valence-corrected chi connectivity index (χ1v) is 4.68. The van der Waals surface area contributed by atoms with E-state index in [1.54, 1.807) is 20.3 Å². The van der Waals surface area contributed by atoms with Crippen molar-refractivity contribution in [3.05, 3.63) is 24.5 Å². The lowest BCUT2D eigenvalue weighted by atomic mass is 10.1. The van der Waals surface area contributed by atoms with Crippen molar-refractivity contribution < 1.29 is 13.9 Å². The van der Waals surface area contributed by atoms with E-state index in [1.165, 1.54) is 6.26 Å². The molecule has 0 saturated heterocycles. The molecule has 2 aromatic rings. The van der Waals surface area contributed by atoms with Gasteiger partial charge in [0, 0.05) is 5.56 Å². The highest BCUT2D eigenvalue weighted by atomic mass is 16.5. The summed E-state index contributed by atoms with van der Waals surface area (Å²) in [6.07, 6.45) is 1.50. The Balaban J connectivity index is 2.43. The molecule has 2 rings (SSSR count). The molecule has 0 spiro atoms. The van der Waals surface area contributed by atoms with Crippen molar-refractivity contribution >= 4 is 6.01 Å². The quantitative estimate of drug-likeness (QED) is 0.855. The lowest BCUT2D eigenvalue weighted by Gasteiger charge is -2.07. The van der Waals surface area contributed by atoms with Crippen molar-refractivity contribution in [1.82, 2.24) is 4.98 Å². The fourth-order valence-electron chi connectivity index (χ4n) is 1.42. The summed E-state index contributed by atoms with van der Waals surface area (Å²) >= 11 is 0. The molecular formula is C11H12N2O3. The summed E-state index contributed by atoms with van der Waals surface area (Å²) in [6, 6.07) is 5.62. The second-order valence-electron chi connectivity index (χ2n) is 3.14. The Labute approximate surface area is 92.8 Å². The Morgan fingerprint density at radius 3 is 2.50 bits per heavy atom. The Bertz CT molecular complexity index is 494. The molecule has 0 aliphatic rings. The number of aromatic nitrogens is 1. The van der Waals surface area contributed by atoms with Crippen LogP contribution >= 0.6 is 0 Å². The van der Waals surface area contributed by atoms with Gasteiger partial charge in [-0.05, 0) is 18.2 Å². The Kier molecular flexibility index (Phi) is 2.68. The summed E-state index contributed by atoms with van der Waals surface area (Å²) in [5.41, 5.74) is 6.93. The van der Waals surface area contributed by atoms with Gasteiger partial charge in [0.05, 0.1) is 14.2 Å². The fourth-order valence-corrected chi connectivity index (χ4v) is 1.42. The van der Waals surface area contributed by atoms with Gasteiger partial charge in [-0.3, -0.25) is 0 Å². The Morgan fingerprint density at radius 2 is 1.94 bits per heavy atom. The van der Waals surface area contributed by atoms with Crippen LogP contribution in [0.1, 0.15) is 0 Å². The SMILES string of the molecule is COc1ccc(-c2coc(N)n2)cc1OC. The van der Waals surface area contributed by atoms with Crippen LogP contribution in [0.25, 0.3) is 11.3 Å². The third-order valence-corrected chi connectivity index (χ3v) is 2.20. The number of benzene rings is 1. The van der Waals surface area contributed by atoms with E-state index in [2.05, 4.69) is 4.98 Å². The number of nitrogens with two attached hydrogens (primary N) is 1. The predicted molar refractivity (Wildman–Crippen MR) is 59.5 cm³/mol. The lowest BCUT2D eigenvalue weighted by Crippen LogP contribution is -1.91. The highest BCUT2D eigenvalue weighted by Gasteiger charge is 2.08. The second kappa shape index (κ2) is 4.14. The molecule has 0 atom stereocenters. The number of methoxy groups -OCH3 is 2. The molecule has 5 nitrogen and oxygen atoms in total. The average Bonchev–Trinajstić information content (AvgIpc) is 2.75. The van der Waals surface area contributed by atoms with E-state index in [4.69, 9.17) is 19.6 Å². The van der Waals surface area contributed by atoms with Gasteiger partial charge >= 0.3 is 0 Å². The largest absolute Gasteiger partial charge is 0.493 e. The molecule has 84 valence electrons. The van der Waals surface area contributed by atoms with Crippen LogP contribution in [0.4, 0.5) is 6.01 Å². The molecule has 0 aliphatic heterocycles. The van der Waals surface area contributed by atoms with Gasteiger partial charge < -0.3 is 19.6 Å². The van der Waals surface area contributed by atoms with Gasteiger partial charge in [0.15, 0.2) is 11.5 Å². The molecule has 16 heavy (non-hydrogen) atoms. The summed E-state index contributed by atoms with van der Waals surface area (Å²) < 4.78 is 15.3. The zero-order valence-electron chi connectivity index (χ0n) is 9.06. The van der Waals surface area contributed by atoms with E-state index in [0.29, 0.717) is 17.2 Å². The maximum absolute atomic E-state index is 5.41. The van der Waals surface area contributed by atoms with Crippen LogP contribution in [0.15, 0.2) is 28.9 Å². The van der Waals surface area contributed by atoms with Crippen molar-refractivity contribution in [2.24, 2.45) is 0 Å². The standard InChI is InChI=1S/C11H12N2O3/c1-14-9-4-3-7(5-10(9)15-2)8-6-16-11(12)13-8/h3-6H,1-2H3,(H2,12,13). The topological polar surface area (TPSA) is 70.5 Å². The molecule has 0 unspecified atom stereocenters. The maximum Gasteiger partial charge on any atom is 0.292 e. The van der Waals surface area contributed by atoms with E-state index in [-0.39, 0.29) is 6.01 Å². The maximum atomic E-state index is 5.41. The third kappa shape index (κ3) is 1.79. The molecule has 1 aromatic heterocycles. The van der Waals surface area contributed by atoms with Gasteiger partial charge in [-0.15, -0.1) is 0 Å². The van der Waals surface area contributed by atoms with E-state index >= 15 is 0 Å². The summed E-state index contributed by atoms with van der Waals surface area (Å²) in [7, 11) is 3.17. The fraction of sp³-hybridized carbons (Fsp3) is 0.182. The first kappa shape index (κ1) is 10.4. The van der Waals surface area contributed by atoms with E-state index in [1.807, 2.05) is 12.1 Å². The van der Waals surface area contributed by atoms with Gasteiger partial charge in [-0.25, -0.2) is 0 Å². The Morgan fingerprint density at radius 1 is 1.19 bits per heavy atom. The number of nitrogens with zero attached hydrogens (tertiary/aromatic N) is 1. The highest BCUT2D eigenvalue weighted by molar-refractivity contribution is 5.63. The van der Waals surface area contributed by atoms with Crippen LogP contribution < -0.4 is 15.2 Å². The lowest BCUT2D eigenvalue weighted by molar-refractivity contribution is 0.355. The molecule has 1 aromatic carbocycles. The number of rotatable bonds is 3.